The van der Waals surface area contributed by atoms with Gasteiger partial charge in [0.2, 0.25) is 5.88 Å². The van der Waals surface area contributed by atoms with Crippen LogP contribution in [0.4, 0.5) is 0 Å². The number of ether oxygens (including phenoxy) is 1. The number of aromatic nitrogens is 2. The third-order valence-electron chi connectivity index (χ3n) is 2.78. The standard InChI is InChI=1S/C11H16ClN3O/c12-10-6-11(15-8-14-10)16-5-3-9-2-1-4-13-7-9/h6,8-9,13H,1-5,7H2. The fourth-order valence-electron chi connectivity index (χ4n) is 1.90. The van der Waals surface area contributed by atoms with E-state index in [4.69, 9.17) is 16.3 Å². The van der Waals surface area contributed by atoms with Gasteiger partial charge in [-0.1, -0.05) is 11.6 Å². The molecule has 0 radical (unpaired) electrons. The molecule has 1 fully saturated rings. The number of halogens is 1. The lowest BCUT2D eigenvalue weighted by atomic mass is 9.97. The summed E-state index contributed by atoms with van der Waals surface area (Å²) in [5.41, 5.74) is 0. The molecular formula is C11H16ClN3O. The molecule has 1 aliphatic rings. The lowest BCUT2D eigenvalue weighted by Gasteiger charge is -2.22. The van der Waals surface area contributed by atoms with Gasteiger partial charge in [0, 0.05) is 6.07 Å². The quantitative estimate of drug-likeness (QED) is 0.818. The predicted molar refractivity (Wildman–Crippen MR) is 62.7 cm³/mol. The van der Waals surface area contributed by atoms with Gasteiger partial charge in [0.1, 0.15) is 11.5 Å². The van der Waals surface area contributed by atoms with E-state index < -0.39 is 0 Å². The summed E-state index contributed by atoms with van der Waals surface area (Å²) in [5.74, 6) is 1.29. The third kappa shape index (κ3) is 3.61. The molecule has 4 nitrogen and oxygen atoms in total. The van der Waals surface area contributed by atoms with Crippen molar-refractivity contribution in [2.45, 2.75) is 19.3 Å². The van der Waals surface area contributed by atoms with Crippen LogP contribution in [0.1, 0.15) is 19.3 Å². The summed E-state index contributed by atoms with van der Waals surface area (Å²) < 4.78 is 5.53. The monoisotopic (exact) mass is 241 g/mol. The first kappa shape index (κ1) is 11.6. The highest BCUT2D eigenvalue weighted by atomic mass is 35.5. The lowest BCUT2D eigenvalue weighted by Crippen LogP contribution is -2.30. The minimum absolute atomic E-state index is 0.421. The average molecular weight is 242 g/mol. The van der Waals surface area contributed by atoms with Crippen LogP contribution < -0.4 is 10.1 Å². The highest BCUT2D eigenvalue weighted by Crippen LogP contribution is 2.15. The molecule has 2 rings (SSSR count). The van der Waals surface area contributed by atoms with Gasteiger partial charge >= 0.3 is 0 Å². The normalized spacial score (nSPS) is 20.7. The van der Waals surface area contributed by atoms with Crippen molar-refractivity contribution in [1.29, 1.82) is 0 Å². The number of nitrogens with one attached hydrogen (secondary N) is 1. The maximum absolute atomic E-state index is 5.73. The van der Waals surface area contributed by atoms with Crippen molar-refractivity contribution in [2.75, 3.05) is 19.7 Å². The molecule has 0 aromatic carbocycles. The van der Waals surface area contributed by atoms with Crippen LogP contribution in [0.15, 0.2) is 12.4 Å². The Kier molecular flexibility index (Phi) is 4.36. The zero-order valence-electron chi connectivity index (χ0n) is 9.16. The third-order valence-corrected chi connectivity index (χ3v) is 2.99. The van der Waals surface area contributed by atoms with Gasteiger partial charge in [0.15, 0.2) is 0 Å². The summed E-state index contributed by atoms with van der Waals surface area (Å²) >= 11 is 5.73. The summed E-state index contributed by atoms with van der Waals surface area (Å²) in [6, 6.07) is 1.64. The molecule has 2 heterocycles. The van der Waals surface area contributed by atoms with Gasteiger partial charge in [-0.3, -0.25) is 0 Å². The molecule has 1 N–H and O–H groups in total. The van der Waals surface area contributed by atoms with E-state index in [1.165, 1.54) is 19.2 Å². The summed E-state index contributed by atoms with van der Waals surface area (Å²) in [6.45, 7) is 2.95. The van der Waals surface area contributed by atoms with Gasteiger partial charge in [-0.05, 0) is 38.3 Å². The molecule has 0 spiro atoms. The maximum atomic E-state index is 5.73. The van der Waals surface area contributed by atoms with Crippen LogP contribution >= 0.6 is 11.6 Å². The Morgan fingerprint density at radius 3 is 3.19 bits per heavy atom. The highest BCUT2D eigenvalue weighted by molar-refractivity contribution is 6.29. The Bertz CT molecular complexity index is 329. The molecule has 1 aromatic heterocycles. The Labute approximate surface area is 100 Å². The second kappa shape index (κ2) is 6.01. The fourth-order valence-corrected chi connectivity index (χ4v) is 2.03. The van der Waals surface area contributed by atoms with Gasteiger partial charge in [-0.2, -0.15) is 0 Å². The van der Waals surface area contributed by atoms with Gasteiger partial charge in [-0.15, -0.1) is 0 Å². The Morgan fingerprint density at radius 2 is 2.44 bits per heavy atom. The van der Waals surface area contributed by atoms with E-state index in [1.54, 1.807) is 6.07 Å². The number of hydrogen-bond acceptors (Lipinski definition) is 4. The first-order chi connectivity index (χ1) is 7.84. The molecule has 1 unspecified atom stereocenters. The highest BCUT2D eigenvalue weighted by Gasteiger charge is 2.12. The SMILES string of the molecule is Clc1cc(OCCC2CCCNC2)ncn1. The molecule has 0 bridgehead atoms. The largest absolute Gasteiger partial charge is 0.478 e. The molecule has 1 saturated heterocycles. The van der Waals surface area contributed by atoms with E-state index in [9.17, 15) is 0 Å². The van der Waals surface area contributed by atoms with E-state index in [0.717, 1.165) is 25.4 Å². The number of piperidine rings is 1. The first-order valence-electron chi connectivity index (χ1n) is 5.65. The molecule has 0 aliphatic carbocycles. The minimum atomic E-state index is 0.421. The lowest BCUT2D eigenvalue weighted by molar-refractivity contribution is 0.247. The van der Waals surface area contributed by atoms with Crippen LogP contribution in [0.25, 0.3) is 0 Å². The predicted octanol–water partition coefficient (Wildman–Crippen LogP) is 1.90. The van der Waals surface area contributed by atoms with Crippen molar-refractivity contribution in [3.05, 3.63) is 17.5 Å². The van der Waals surface area contributed by atoms with Crippen molar-refractivity contribution in [3.63, 3.8) is 0 Å². The van der Waals surface area contributed by atoms with Crippen molar-refractivity contribution in [2.24, 2.45) is 5.92 Å². The van der Waals surface area contributed by atoms with E-state index in [0.29, 0.717) is 17.6 Å². The summed E-state index contributed by atoms with van der Waals surface area (Å²) in [7, 11) is 0. The van der Waals surface area contributed by atoms with Crippen LogP contribution in [-0.2, 0) is 0 Å². The molecule has 0 amide bonds. The van der Waals surface area contributed by atoms with E-state index in [-0.39, 0.29) is 0 Å². The molecule has 88 valence electrons. The zero-order chi connectivity index (χ0) is 11.2. The molecule has 1 aromatic rings. The van der Waals surface area contributed by atoms with Crippen molar-refractivity contribution in [3.8, 4) is 5.88 Å². The van der Waals surface area contributed by atoms with E-state index in [2.05, 4.69) is 15.3 Å². The topological polar surface area (TPSA) is 47.0 Å². The van der Waals surface area contributed by atoms with Crippen molar-refractivity contribution >= 4 is 11.6 Å². The molecule has 0 saturated carbocycles. The van der Waals surface area contributed by atoms with Crippen LogP contribution in [0.5, 0.6) is 5.88 Å². The molecule has 16 heavy (non-hydrogen) atoms. The number of nitrogens with zero attached hydrogens (tertiary/aromatic N) is 2. The van der Waals surface area contributed by atoms with Crippen LogP contribution in [0, 0.1) is 5.92 Å². The number of rotatable bonds is 4. The minimum Gasteiger partial charge on any atom is -0.478 e. The second-order valence-corrected chi connectivity index (χ2v) is 4.42. The number of hydrogen-bond donors (Lipinski definition) is 1. The Hall–Kier alpha value is -0.870. The fraction of sp³-hybridized carbons (Fsp3) is 0.636. The van der Waals surface area contributed by atoms with Crippen molar-refractivity contribution in [1.82, 2.24) is 15.3 Å². The molecular weight excluding hydrogens is 226 g/mol. The Balaban J connectivity index is 1.71. The van der Waals surface area contributed by atoms with Crippen LogP contribution in [-0.4, -0.2) is 29.7 Å². The average Bonchev–Trinajstić information content (AvgIpc) is 2.30. The second-order valence-electron chi connectivity index (χ2n) is 4.03. The zero-order valence-corrected chi connectivity index (χ0v) is 9.91. The summed E-state index contributed by atoms with van der Waals surface area (Å²) in [4.78, 5) is 7.79. The Morgan fingerprint density at radius 1 is 1.50 bits per heavy atom. The van der Waals surface area contributed by atoms with Crippen LogP contribution in [0.2, 0.25) is 5.15 Å². The van der Waals surface area contributed by atoms with Crippen LogP contribution in [0.3, 0.4) is 0 Å². The first-order valence-corrected chi connectivity index (χ1v) is 6.03. The summed E-state index contributed by atoms with van der Waals surface area (Å²) in [6.07, 6.45) is 5.04. The van der Waals surface area contributed by atoms with Gasteiger partial charge in [-0.25, -0.2) is 9.97 Å². The van der Waals surface area contributed by atoms with Crippen molar-refractivity contribution < 1.29 is 4.74 Å². The molecule has 5 heteroatoms. The maximum Gasteiger partial charge on any atom is 0.217 e. The van der Waals surface area contributed by atoms with Gasteiger partial charge < -0.3 is 10.1 Å². The van der Waals surface area contributed by atoms with E-state index >= 15 is 0 Å². The van der Waals surface area contributed by atoms with E-state index in [1.807, 2.05) is 0 Å². The van der Waals surface area contributed by atoms with Gasteiger partial charge in [0.25, 0.3) is 0 Å². The molecule has 1 atom stereocenters. The van der Waals surface area contributed by atoms with Gasteiger partial charge in [0.05, 0.1) is 6.61 Å². The molecule has 1 aliphatic heterocycles. The smallest absolute Gasteiger partial charge is 0.217 e. The summed E-state index contributed by atoms with van der Waals surface area (Å²) in [5, 5.41) is 3.81.